The van der Waals surface area contributed by atoms with Crippen LogP contribution in [0.15, 0.2) is 36.4 Å². The monoisotopic (exact) mass is 364 g/mol. The predicted octanol–water partition coefficient (Wildman–Crippen LogP) is 6.37. The summed E-state index contributed by atoms with van der Waals surface area (Å²) in [7, 11) is 0. The van der Waals surface area contributed by atoms with Crippen LogP contribution in [0.1, 0.15) is 67.7 Å². The Morgan fingerprint density at radius 1 is 0.962 bits per heavy atom. The molecule has 2 aromatic carbocycles. The smallest absolute Gasteiger partial charge is 0.194 e. The Morgan fingerprint density at radius 3 is 2.04 bits per heavy atom. The molecule has 26 heavy (non-hydrogen) atoms. The van der Waals surface area contributed by atoms with Crippen molar-refractivity contribution in [2.45, 2.75) is 51.0 Å². The van der Waals surface area contributed by atoms with E-state index in [0.29, 0.717) is 11.5 Å². The van der Waals surface area contributed by atoms with Crippen LogP contribution in [0.5, 0.6) is 0 Å². The maximum absolute atomic E-state index is 13.5. The Kier molecular flexibility index (Phi) is 5.99. The van der Waals surface area contributed by atoms with Crippen molar-refractivity contribution in [1.29, 1.82) is 0 Å². The summed E-state index contributed by atoms with van der Waals surface area (Å²) in [6.45, 7) is 2.23. The van der Waals surface area contributed by atoms with Crippen LogP contribution in [0.2, 0.25) is 0 Å². The molecular formula is C21H23F3O2. The normalized spacial score (nSPS) is 21.6. The maximum Gasteiger partial charge on any atom is 0.194 e. The molecule has 0 spiro atoms. The van der Waals surface area contributed by atoms with Crippen LogP contribution in [0, 0.1) is 23.4 Å². The van der Waals surface area contributed by atoms with Crippen molar-refractivity contribution in [2.24, 2.45) is 5.92 Å². The van der Waals surface area contributed by atoms with Gasteiger partial charge in [-0.3, -0.25) is 5.26 Å². The second-order valence-corrected chi connectivity index (χ2v) is 7.08. The Labute approximate surface area is 151 Å². The molecule has 1 aliphatic carbocycles. The van der Waals surface area contributed by atoms with Crippen molar-refractivity contribution < 1.29 is 23.3 Å². The minimum Gasteiger partial charge on any atom is -0.251 e. The topological polar surface area (TPSA) is 29.5 Å². The van der Waals surface area contributed by atoms with Gasteiger partial charge in [0.05, 0.1) is 0 Å². The summed E-state index contributed by atoms with van der Waals surface area (Å²) in [6.07, 6.45) is 4.94. The van der Waals surface area contributed by atoms with Gasteiger partial charge in [-0.05, 0) is 66.3 Å². The van der Waals surface area contributed by atoms with E-state index in [1.807, 2.05) is 12.1 Å². The van der Waals surface area contributed by atoms with Gasteiger partial charge in [-0.25, -0.2) is 18.1 Å². The van der Waals surface area contributed by atoms with Crippen LogP contribution in [0.25, 0.3) is 0 Å². The molecular weight excluding hydrogens is 341 g/mol. The van der Waals surface area contributed by atoms with E-state index in [0.717, 1.165) is 30.9 Å². The highest BCUT2D eigenvalue weighted by Gasteiger charge is 2.23. The van der Waals surface area contributed by atoms with Crippen LogP contribution in [-0.2, 0) is 4.89 Å². The average Bonchev–Trinajstić information content (AvgIpc) is 2.67. The lowest BCUT2D eigenvalue weighted by Crippen LogP contribution is -2.13. The van der Waals surface area contributed by atoms with Crippen molar-refractivity contribution in [3.05, 3.63) is 70.5 Å². The van der Waals surface area contributed by atoms with Crippen molar-refractivity contribution in [2.75, 3.05) is 0 Å². The first-order chi connectivity index (χ1) is 12.5. The first-order valence-electron chi connectivity index (χ1n) is 9.08. The van der Waals surface area contributed by atoms with Gasteiger partial charge in [0.25, 0.3) is 0 Å². The summed E-state index contributed by atoms with van der Waals surface area (Å²) in [5.74, 6) is -2.83. The van der Waals surface area contributed by atoms with E-state index in [-0.39, 0.29) is 5.56 Å². The third-order valence-electron chi connectivity index (χ3n) is 5.55. The van der Waals surface area contributed by atoms with E-state index in [2.05, 4.69) is 11.8 Å². The summed E-state index contributed by atoms with van der Waals surface area (Å²) in [5, 5.41) is 9.22. The van der Waals surface area contributed by atoms with Gasteiger partial charge >= 0.3 is 0 Å². The Balaban J connectivity index is 1.78. The molecule has 1 atom stereocenters. The fourth-order valence-corrected chi connectivity index (χ4v) is 3.89. The summed E-state index contributed by atoms with van der Waals surface area (Å²) in [5.41, 5.74) is 1.78. The molecule has 0 amide bonds. The molecule has 0 aliphatic heterocycles. The number of hydrogen-bond donors (Lipinski definition) is 1. The molecule has 5 heteroatoms. The first-order valence-corrected chi connectivity index (χ1v) is 9.08. The largest absolute Gasteiger partial charge is 0.251 e. The van der Waals surface area contributed by atoms with E-state index < -0.39 is 23.6 Å². The van der Waals surface area contributed by atoms with E-state index in [1.165, 1.54) is 24.8 Å². The standard InChI is InChI=1S/C21H23F3O2/c1-2-13-3-5-14(6-4-13)15-7-9-16(10-8-15)21(26-25)17-11-18(22)20(24)19(23)12-17/h7-14,21,25H,2-6H2,1H3. The van der Waals surface area contributed by atoms with Gasteiger partial charge in [-0.2, -0.15) is 0 Å². The van der Waals surface area contributed by atoms with Gasteiger partial charge in [0.2, 0.25) is 0 Å². The predicted molar refractivity (Wildman–Crippen MR) is 93.3 cm³/mol. The molecule has 3 rings (SSSR count). The highest BCUT2D eigenvalue weighted by molar-refractivity contribution is 5.34. The minimum atomic E-state index is -1.54. The van der Waals surface area contributed by atoms with Gasteiger partial charge in [0.1, 0.15) is 6.10 Å². The summed E-state index contributed by atoms with van der Waals surface area (Å²) < 4.78 is 40.1. The molecule has 0 aromatic heterocycles. The van der Waals surface area contributed by atoms with Crippen LogP contribution >= 0.6 is 0 Å². The summed E-state index contributed by atoms with van der Waals surface area (Å²) in [6, 6.07) is 9.16. The Bertz CT molecular complexity index is 714. The number of halogens is 3. The van der Waals surface area contributed by atoms with E-state index in [4.69, 9.17) is 0 Å². The van der Waals surface area contributed by atoms with E-state index in [1.54, 1.807) is 12.1 Å². The molecule has 2 aromatic rings. The zero-order valence-electron chi connectivity index (χ0n) is 14.7. The molecule has 1 N–H and O–H groups in total. The molecule has 0 heterocycles. The molecule has 1 fully saturated rings. The average molecular weight is 364 g/mol. The highest BCUT2D eigenvalue weighted by Crippen LogP contribution is 2.37. The summed E-state index contributed by atoms with van der Waals surface area (Å²) in [4.78, 5) is 4.43. The Morgan fingerprint density at radius 2 is 1.54 bits per heavy atom. The maximum atomic E-state index is 13.5. The van der Waals surface area contributed by atoms with Gasteiger partial charge in [0, 0.05) is 0 Å². The van der Waals surface area contributed by atoms with Gasteiger partial charge in [-0.15, -0.1) is 0 Å². The number of rotatable bonds is 5. The number of hydrogen-bond acceptors (Lipinski definition) is 2. The molecule has 2 nitrogen and oxygen atoms in total. The minimum absolute atomic E-state index is 0.0140. The fourth-order valence-electron chi connectivity index (χ4n) is 3.89. The van der Waals surface area contributed by atoms with Crippen LogP contribution in [0.3, 0.4) is 0 Å². The molecule has 0 radical (unpaired) electrons. The molecule has 140 valence electrons. The van der Waals surface area contributed by atoms with Crippen molar-refractivity contribution >= 4 is 0 Å². The molecule has 0 saturated heterocycles. The molecule has 1 aliphatic rings. The molecule has 0 bridgehead atoms. The third-order valence-corrected chi connectivity index (χ3v) is 5.55. The van der Waals surface area contributed by atoms with Crippen LogP contribution in [0.4, 0.5) is 13.2 Å². The second-order valence-electron chi connectivity index (χ2n) is 7.08. The summed E-state index contributed by atoms with van der Waals surface area (Å²) >= 11 is 0. The molecule has 1 saturated carbocycles. The van der Waals surface area contributed by atoms with Crippen molar-refractivity contribution in [3.8, 4) is 0 Å². The van der Waals surface area contributed by atoms with Crippen LogP contribution < -0.4 is 0 Å². The van der Waals surface area contributed by atoms with E-state index in [9.17, 15) is 18.4 Å². The van der Waals surface area contributed by atoms with Crippen molar-refractivity contribution in [1.82, 2.24) is 0 Å². The molecule has 1 unspecified atom stereocenters. The van der Waals surface area contributed by atoms with Gasteiger partial charge in [-0.1, -0.05) is 37.6 Å². The lowest BCUT2D eigenvalue weighted by atomic mass is 9.77. The van der Waals surface area contributed by atoms with Gasteiger partial charge < -0.3 is 0 Å². The third kappa shape index (κ3) is 3.94. The lowest BCUT2D eigenvalue weighted by Gasteiger charge is -2.28. The Hall–Kier alpha value is -1.85. The van der Waals surface area contributed by atoms with E-state index >= 15 is 0 Å². The SMILES string of the molecule is CCC1CCC(c2ccc(C(OO)c3cc(F)c(F)c(F)c3)cc2)CC1. The number of benzene rings is 2. The quantitative estimate of drug-likeness (QED) is 0.380. The van der Waals surface area contributed by atoms with Crippen LogP contribution in [-0.4, -0.2) is 5.26 Å². The first kappa shape index (κ1) is 18.9. The van der Waals surface area contributed by atoms with Gasteiger partial charge in [0.15, 0.2) is 17.5 Å². The van der Waals surface area contributed by atoms with Crippen molar-refractivity contribution in [3.63, 3.8) is 0 Å². The fraction of sp³-hybridized carbons (Fsp3) is 0.429. The highest BCUT2D eigenvalue weighted by atomic mass is 19.2. The lowest BCUT2D eigenvalue weighted by molar-refractivity contribution is -0.270. The zero-order valence-corrected chi connectivity index (χ0v) is 14.7. The second kappa shape index (κ2) is 8.23. The zero-order chi connectivity index (χ0) is 18.7.